The van der Waals surface area contributed by atoms with Gasteiger partial charge in [0.15, 0.2) is 0 Å². The summed E-state index contributed by atoms with van der Waals surface area (Å²) >= 11 is 0. The van der Waals surface area contributed by atoms with Gasteiger partial charge in [0, 0.05) is 12.0 Å². The molecule has 0 amide bonds. The van der Waals surface area contributed by atoms with Gasteiger partial charge in [-0.15, -0.1) is 0 Å². The maximum atomic E-state index is 8.99. The monoisotopic (exact) mass is 246 g/mol. The van der Waals surface area contributed by atoms with Crippen LogP contribution in [-0.4, -0.2) is 27.3 Å². The molecule has 0 saturated carbocycles. The molecule has 94 valence electrons. The van der Waals surface area contributed by atoms with E-state index in [4.69, 9.17) is 14.6 Å². The zero-order valence-corrected chi connectivity index (χ0v) is 10.2. The van der Waals surface area contributed by atoms with E-state index in [0.717, 1.165) is 24.8 Å². The predicted octanol–water partition coefficient (Wildman–Crippen LogP) is 0.759. The number of rotatable bonds is 5. The third-order valence-electron chi connectivity index (χ3n) is 2.68. The Morgan fingerprint density at radius 3 is 2.56 bits per heavy atom. The average Bonchev–Trinajstić information content (AvgIpc) is 2.85. The van der Waals surface area contributed by atoms with Crippen molar-refractivity contribution in [1.82, 2.24) is 10.1 Å². The fraction of sp³-hybridized carbons (Fsp3) is 0.333. The normalized spacial score (nSPS) is 10.6. The standard InChI is InChI=1S/C12H15BN2O3/c1-2-3-4-11-14-12(15-18-11)9-5-7-10(8-6-9)13(16)17/h5-8,16-17H,2-4H2,1H3. The molecule has 0 unspecified atom stereocenters. The third kappa shape index (κ3) is 2.97. The van der Waals surface area contributed by atoms with Crippen LogP contribution < -0.4 is 5.46 Å². The number of aromatic nitrogens is 2. The van der Waals surface area contributed by atoms with E-state index in [2.05, 4.69) is 17.1 Å². The molecule has 2 rings (SSSR count). The van der Waals surface area contributed by atoms with Crippen molar-refractivity contribution < 1.29 is 14.6 Å². The van der Waals surface area contributed by atoms with Gasteiger partial charge in [0.05, 0.1) is 0 Å². The van der Waals surface area contributed by atoms with Crippen molar-refractivity contribution in [3.05, 3.63) is 30.2 Å². The van der Waals surface area contributed by atoms with Crippen LogP contribution in [0, 0.1) is 0 Å². The van der Waals surface area contributed by atoms with Gasteiger partial charge in [-0.05, 0) is 11.9 Å². The molecule has 1 heterocycles. The maximum absolute atomic E-state index is 8.99. The van der Waals surface area contributed by atoms with Crippen molar-refractivity contribution in [2.45, 2.75) is 26.2 Å². The first-order chi connectivity index (χ1) is 8.70. The van der Waals surface area contributed by atoms with Gasteiger partial charge in [0.25, 0.3) is 0 Å². The molecule has 1 aromatic carbocycles. The van der Waals surface area contributed by atoms with Crippen LogP contribution in [0.15, 0.2) is 28.8 Å². The summed E-state index contributed by atoms with van der Waals surface area (Å²) in [5.41, 5.74) is 1.24. The maximum Gasteiger partial charge on any atom is 0.488 e. The number of aryl methyl sites for hydroxylation is 1. The van der Waals surface area contributed by atoms with E-state index in [1.165, 1.54) is 0 Å². The van der Waals surface area contributed by atoms with Crippen LogP contribution >= 0.6 is 0 Å². The highest BCUT2D eigenvalue weighted by Gasteiger charge is 2.12. The second-order valence-electron chi connectivity index (χ2n) is 4.11. The first kappa shape index (κ1) is 12.8. The average molecular weight is 246 g/mol. The van der Waals surface area contributed by atoms with E-state index < -0.39 is 7.12 Å². The lowest BCUT2D eigenvalue weighted by Crippen LogP contribution is -2.29. The predicted molar refractivity (Wildman–Crippen MR) is 68.2 cm³/mol. The Balaban J connectivity index is 2.13. The molecule has 0 aliphatic carbocycles. The van der Waals surface area contributed by atoms with Crippen molar-refractivity contribution >= 4 is 12.6 Å². The Morgan fingerprint density at radius 2 is 1.94 bits per heavy atom. The van der Waals surface area contributed by atoms with E-state index in [1.807, 2.05) is 0 Å². The van der Waals surface area contributed by atoms with Gasteiger partial charge in [-0.25, -0.2) is 0 Å². The first-order valence-electron chi connectivity index (χ1n) is 5.99. The first-order valence-corrected chi connectivity index (χ1v) is 5.99. The summed E-state index contributed by atoms with van der Waals surface area (Å²) in [6, 6.07) is 6.73. The molecule has 0 bridgehead atoms. The van der Waals surface area contributed by atoms with Crippen LogP contribution in [0.1, 0.15) is 25.7 Å². The molecule has 18 heavy (non-hydrogen) atoms. The Labute approximate surface area is 106 Å². The molecule has 0 saturated heterocycles. The minimum absolute atomic E-state index is 0.438. The van der Waals surface area contributed by atoms with Crippen molar-refractivity contribution in [3.8, 4) is 11.4 Å². The molecule has 1 aromatic heterocycles. The van der Waals surface area contributed by atoms with Crippen molar-refractivity contribution in [2.75, 3.05) is 0 Å². The third-order valence-corrected chi connectivity index (χ3v) is 2.68. The SMILES string of the molecule is CCCCc1nc(-c2ccc(B(O)O)cc2)no1. The lowest BCUT2D eigenvalue weighted by atomic mass is 9.80. The number of nitrogens with zero attached hydrogens (tertiary/aromatic N) is 2. The van der Waals surface area contributed by atoms with Gasteiger partial charge in [-0.3, -0.25) is 0 Å². The van der Waals surface area contributed by atoms with Crippen LogP contribution in [0.2, 0.25) is 0 Å². The molecule has 6 heteroatoms. The smallest absolute Gasteiger partial charge is 0.423 e. The number of unbranched alkanes of at least 4 members (excludes halogenated alkanes) is 1. The Hall–Kier alpha value is -1.66. The van der Waals surface area contributed by atoms with Crippen molar-refractivity contribution in [3.63, 3.8) is 0 Å². The summed E-state index contributed by atoms with van der Waals surface area (Å²) < 4.78 is 5.14. The lowest BCUT2D eigenvalue weighted by Gasteiger charge is -1.99. The molecular formula is C12H15BN2O3. The summed E-state index contributed by atoms with van der Waals surface area (Å²) in [6.07, 6.45) is 2.90. The molecule has 0 aliphatic heterocycles. The van der Waals surface area contributed by atoms with Crippen LogP contribution in [0.3, 0.4) is 0 Å². The van der Waals surface area contributed by atoms with Gasteiger partial charge >= 0.3 is 7.12 Å². The van der Waals surface area contributed by atoms with Crippen molar-refractivity contribution in [1.29, 1.82) is 0 Å². The minimum Gasteiger partial charge on any atom is -0.423 e. The molecule has 0 atom stereocenters. The second kappa shape index (κ2) is 5.79. The number of benzene rings is 1. The number of hydrogen-bond donors (Lipinski definition) is 2. The molecule has 0 spiro atoms. The van der Waals surface area contributed by atoms with Gasteiger partial charge in [-0.2, -0.15) is 4.98 Å². The molecule has 2 N–H and O–H groups in total. The quantitative estimate of drug-likeness (QED) is 0.761. The van der Waals surface area contributed by atoms with E-state index >= 15 is 0 Å². The molecular weight excluding hydrogens is 231 g/mol. The summed E-state index contributed by atoms with van der Waals surface area (Å²) in [5, 5.41) is 21.9. The zero-order chi connectivity index (χ0) is 13.0. The molecule has 5 nitrogen and oxygen atoms in total. The fourth-order valence-corrected chi connectivity index (χ4v) is 1.61. The van der Waals surface area contributed by atoms with E-state index in [1.54, 1.807) is 24.3 Å². The van der Waals surface area contributed by atoms with Crippen molar-refractivity contribution in [2.24, 2.45) is 0 Å². The van der Waals surface area contributed by atoms with E-state index in [0.29, 0.717) is 17.2 Å². The highest BCUT2D eigenvalue weighted by atomic mass is 16.5. The fourth-order valence-electron chi connectivity index (χ4n) is 1.61. The summed E-state index contributed by atoms with van der Waals surface area (Å²) in [6.45, 7) is 2.11. The van der Waals surface area contributed by atoms with E-state index in [-0.39, 0.29) is 0 Å². The largest absolute Gasteiger partial charge is 0.488 e. The molecule has 0 aliphatic rings. The Kier molecular flexibility index (Phi) is 4.12. The Bertz CT molecular complexity index is 496. The molecule has 2 aromatic rings. The molecule has 0 fully saturated rings. The summed E-state index contributed by atoms with van der Waals surface area (Å²) in [4.78, 5) is 4.29. The van der Waals surface area contributed by atoms with Crippen LogP contribution in [0.25, 0.3) is 11.4 Å². The van der Waals surface area contributed by atoms with Gasteiger partial charge in [-0.1, -0.05) is 42.8 Å². The minimum atomic E-state index is -1.45. The topological polar surface area (TPSA) is 79.4 Å². The Morgan fingerprint density at radius 1 is 1.22 bits per heavy atom. The van der Waals surface area contributed by atoms with Gasteiger partial charge < -0.3 is 14.6 Å². The van der Waals surface area contributed by atoms with Crippen LogP contribution in [-0.2, 0) is 6.42 Å². The highest BCUT2D eigenvalue weighted by Crippen LogP contribution is 2.15. The van der Waals surface area contributed by atoms with E-state index in [9.17, 15) is 0 Å². The molecule has 0 radical (unpaired) electrons. The van der Waals surface area contributed by atoms with Gasteiger partial charge in [0.1, 0.15) is 0 Å². The summed E-state index contributed by atoms with van der Waals surface area (Å²) in [5.74, 6) is 1.17. The summed E-state index contributed by atoms with van der Waals surface area (Å²) in [7, 11) is -1.45. The zero-order valence-electron chi connectivity index (χ0n) is 10.2. The number of hydrogen-bond acceptors (Lipinski definition) is 5. The highest BCUT2D eigenvalue weighted by molar-refractivity contribution is 6.58. The van der Waals surface area contributed by atoms with Crippen LogP contribution in [0.5, 0.6) is 0 Å². The van der Waals surface area contributed by atoms with Gasteiger partial charge in [0.2, 0.25) is 11.7 Å². The second-order valence-corrected chi connectivity index (χ2v) is 4.11. The van der Waals surface area contributed by atoms with Crippen LogP contribution in [0.4, 0.5) is 0 Å². The lowest BCUT2D eigenvalue weighted by molar-refractivity contribution is 0.375.